The van der Waals surface area contributed by atoms with Gasteiger partial charge in [-0.15, -0.1) is 0 Å². The number of hydrogen-bond donors (Lipinski definition) is 2. The molecule has 3 N–H and O–H groups in total. The maximum atomic E-state index is 13.6. The lowest BCUT2D eigenvalue weighted by Crippen LogP contribution is -2.11. The van der Waals surface area contributed by atoms with Crippen molar-refractivity contribution in [2.24, 2.45) is 5.73 Å². The van der Waals surface area contributed by atoms with E-state index in [1.54, 1.807) is 24.3 Å². The van der Waals surface area contributed by atoms with Gasteiger partial charge in [-0.25, -0.2) is 4.39 Å². The maximum absolute atomic E-state index is 13.6. The quantitative estimate of drug-likeness (QED) is 0.667. The Kier molecular flexibility index (Phi) is 4.25. The molecule has 5 heteroatoms. The average Bonchev–Trinajstić information content (AvgIpc) is 2.39. The van der Waals surface area contributed by atoms with Crippen molar-refractivity contribution in [2.75, 3.05) is 0 Å². The van der Waals surface area contributed by atoms with Crippen LogP contribution in [0.1, 0.15) is 16.7 Å². The number of halogens is 2. The van der Waals surface area contributed by atoms with E-state index in [1.807, 2.05) is 6.92 Å². The molecule has 20 heavy (non-hydrogen) atoms. The van der Waals surface area contributed by atoms with E-state index >= 15 is 0 Å². The van der Waals surface area contributed by atoms with E-state index in [0.717, 1.165) is 11.1 Å². The zero-order chi connectivity index (χ0) is 14.7. The summed E-state index contributed by atoms with van der Waals surface area (Å²) >= 11 is 5.89. The predicted molar refractivity (Wildman–Crippen MR) is 77.9 cm³/mol. The average molecular weight is 293 g/mol. The van der Waals surface area contributed by atoms with Gasteiger partial charge >= 0.3 is 0 Å². The number of hydrogen-bond acceptors (Lipinski definition) is 2. The van der Waals surface area contributed by atoms with Crippen molar-refractivity contribution in [3.63, 3.8) is 0 Å². The first-order valence-electron chi connectivity index (χ1n) is 6.00. The van der Waals surface area contributed by atoms with Crippen molar-refractivity contribution in [2.45, 2.75) is 13.5 Å². The van der Waals surface area contributed by atoms with Crippen LogP contribution in [0.2, 0.25) is 5.02 Å². The smallest absolute Gasteiger partial charge is 0.174 e. The van der Waals surface area contributed by atoms with Gasteiger partial charge in [0.05, 0.1) is 5.02 Å². The highest BCUT2D eigenvalue weighted by Gasteiger charge is 2.09. The Morgan fingerprint density at radius 1 is 1.35 bits per heavy atom. The molecule has 0 saturated carbocycles. The molecule has 2 rings (SSSR count). The number of ether oxygens (including phenoxy) is 1. The van der Waals surface area contributed by atoms with Crippen molar-refractivity contribution in [1.29, 1.82) is 5.41 Å². The van der Waals surface area contributed by atoms with Gasteiger partial charge in [0.25, 0.3) is 0 Å². The SMILES string of the molecule is Cc1cc(C(=N)N)ccc1COc1c(F)cccc1Cl. The van der Waals surface area contributed by atoms with E-state index < -0.39 is 5.82 Å². The molecular formula is C15H14ClFN2O. The zero-order valence-electron chi connectivity index (χ0n) is 10.9. The topological polar surface area (TPSA) is 59.1 Å². The fourth-order valence-electron chi connectivity index (χ4n) is 1.80. The number of nitrogens with one attached hydrogen (secondary N) is 1. The monoisotopic (exact) mass is 292 g/mol. The van der Waals surface area contributed by atoms with Gasteiger partial charge in [-0.1, -0.05) is 29.8 Å². The molecule has 2 aromatic carbocycles. The minimum absolute atomic E-state index is 0.0118. The molecule has 0 aromatic heterocycles. The standard InChI is InChI=1S/C15H14ClFN2O/c1-9-7-10(15(18)19)5-6-11(9)8-20-14-12(16)3-2-4-13(14)17/h2-7H,8H2,1H3,(H3,18,19). The molecule has 0 aliphatic rings. The highest BCUT2D eigenvalue weighted by atomic mass is 35.5. The van der Waals surface area contributed by atoms with Gasteiger partial charge in [0.1, 0.15) is 12.4 Å². The van der Waals surface area contributed by atoms with Gasteiger partial charge in [0.2, 0.25) is 0 Å². The second-order valence-corrected chi connectivity index (χ2v) is 4.80. The van der Waals surface area contributed by atoms with E-state index in [1.165, 1.54) is 12.1 Å². The van der Waals surface area contributed by atoms with Crippen LogP contribution in [0.15, 0.2) is 36.4 Å². The van der Waals surface area contributed by atoms with Crippen molar-refractivity contribution in [3.05, 3.63) is 63.9 Å². The lowest BCUT2D eigenvalue weighted by molar-refractivity contribution is 0.290. The second kappa shape index (κ2) is 5.92. The Bertz CT molecular complexity index is 638. The van der Waals surface area contributed by atoms with Gasteiger partial charge in [-0.2, -0.15) is 0 Å². The summed E-state index contributed by atoms with van der Waals surface area (Å²) < 4.78 is 19.0. The summed E-state index contributed by atoms with van der Waals surface area (Å²) in [7, 11) is 0. The number of benzene rings is 2. The molecular weight excluding hydrogens is 279 g/mol. The Morgan fingerprint density at radius 3 is 2.70 bits per heavy atom. The van der Waals surface area contributed by atoms with Crippen LogP contribution in [0.25, 0.3) is 0 Å². The zero-order valence-corrected chi connectivity index (χ0v) is 11.7. The largest absolute Gasteiger partial charge is 0.484 e. The molecule has 0 atom stereocenters. The third-order valence-corrected chi connectivity index (χ3v) is 3.24. The predicted octanol–water partition coefficient (Wildman–Crippen LogP) is 3.65. The first kappa shape index (κ1) is 14.3. The van der Waals surface area contributed by atoms with Crippen LogP contribution in [0.3, 0.4) is 0 Å². The highest BCUT2D eigenvalue weighted by Crippen LogP contribution is 2.28. The van der Waals surface area contributed by atoms with Crippen molar-refractivity contribution in [3.8, 4) is 5.75 Å². The Balaban J connectivity index is 2.17. The first-order chi connectivity index (χ1) is 9.49. The molecule has 0 fully saturated rings. The van der Waals surface area contributed by atoms with Crippen LogP contribution in [0.4, 0.5) is 4.39 Å². The normalized spacial score (nSPS) is 10.3. The number of nitrogens with two attached hydrogens (primary N) is 1. The van der Waals surface area contributed by atoms with Crippen molar-refractivity contribution in [1.82, 2.24) is 0 Å². The molecule has 0 aliphatic carbocycles. The summed E-state index contributed by atoms with van der Waals surface area (Å²) in [5, 5.41) is 7.61. The van der Waals surface area contributed by atoms with Crippen LogP contribution in [-0.2, 0) is 6.61 Å². The third-order valence-electron chi connectivity index (χ3n) is 2.94. The van der Waals surface area contributed by atoms with E-state index in [-0.39, 0.29) is 23.2 Å². The summed E-state index contributed by atoms with van der Waals surface area (Å²) in [4.78, 5) is 0. The van der Waals surface area contributed by atoms with Crippen LogP contribution in [-0.4, -0.2) is 5.84 Å². The van der Waals surface area contributed by atoms with Gasteiger partial charge in [-0.3, -0.25) is 5.41 Å². The minimum atomic E-state index is -0.490. The molecule has 0 bridgehead atoms. The maximum Gasteiger partial charge on any atom is 0.174 e. The molecule has 0 spiro atoms. The number of amidine groups is 1. The Hall–Kier alpha value is -2.07. The third kappa shape index (κ3) is 3.08. The van der Waals surface area contributed by atoms with Gasteiger partial charge in [-0.05, 0) is 36.2 Å². The molecule has 2 aromatic rings. The second-order valence-electron chi connectivity index (χ2n) is 4.39. The fraction of sp³-hybridized carbons (Fsp3) is 0.133. The molecule has 0 saturated heterocycles. The molecule has 0 amide bonds. The minimum Gasteiger partial charge on any atom is -0.484 e. The Labute approximate surface area is 121 Å². The summed E-state index contributed by atoms with van der Waals surface area (Å²) in [6.07, 6.45) is 0. The molecule has 0 unspecified atom stereocenters. The molecule has 0 aliphatic heterocycles. The molecule has 0 radical (unpaired) electrons. The number of rotatable bonds is 4. The van der Waals surface area contributed by atoms with Crippen LogP contribution >= 0.6 is 11.6 Å². The van der Waals surface area contributed by atoms with E-state index in [4.69, 9.17) is 27.5 Å². The highest BCUT2D eigenvalue weighted by molar-refractivity contribution is 6.32. The van der Waals surface area contributed by atoms with Gasteiger partial charge < -0.3 is 10.5 Å². The van der Waals surface area contributed by atoms with Crippen LogP contribution in [0.5, 0.6) is 5.75 Å². The van der Waals surface area contributed by atoms with Crippen LogP contribution in [0, 0.1) is 18.2 Å². The number of para-hydroxylation sites is 1. The Morgan fingerprint density at radius 2 is 2.10 bits per heavy atom. The lowest BCUT2D eigenvalue weighted by atomic mass is 10.1. The number of aryl methyl sites for hydroxylation is 1. The molecule has 3 nitrogen and oxygen atoms in total. The molecule has 0 heterocycles. The summed E-state index contributed by atoms with van der Waals surface area (Å²) in [6.45, 7) is 2.08. The lowest BCUT2D eigenvalue weighted by Gasteiger charge is -2.11. The van der Waals surface area contributed by atoms with E-state index in [0.29, 0.717) is 5.56 Å². The van der Waals surface area contributed by atoms with Gasteiger partial charge in [0, 0.05) is 5.56 Å². The van der Waals surface area contributed by atoms with Gasteiger partial charge in [0.15, 0.2) is 11.6 Å². The summed E-state index contributed by atoms with van der Waals surface area (Å²) in [6, 6.07) is 9.73. The summed E-state index contributed by atoms with van der Waals surface area (Å²) in [5.74, 6) is -0.433. The summed E-state index contributed by atoms with van der Waals surface area (Å²) in [5.41, 5.74) is 7.88. The van der Waals surface area contributed by atoms with Crippen LogP contribution < -0.4 is 10.5 Å². The van der Waals surface area contributed by atoms with E-state index in [2.05, 4.69) is 0 Å². The number of nitrogen functional groups attached to an aromatic ring is 1. The molecule has 104 valence electrons. The first-order valence-corrected chi connectivity index (χ1v) is 6.37. The fourth-order valence-corrected chi connectivity index (χ4v) is 2.01. The van der Waals surface area contributed by atoms with Crippen molar-refractivity contribution >= 4 is 17.4 Å². The van der Waals surface area contributed by atoms with E-state index in [9.17, 15) is 4.39 Å². The van der Waals surface area contributed by atoms with Crippen molar-refractivity contribution < 1.29 is 9.13 Å².